The molecule has 2 atom stereocenters. The smallest absolute Gasteiger partial charge is 0.123 e. The highest BCUT2D eigenvalue weighted by molar-refractivity contribution is 6.31. The Morgan fingerprint density at radius 3 is 2.88 bits per heavy atom. The highest BCUT2D eigenvalue weighted by atomic mass is 35.5. The minimum Gasteiger partial charge on any atom is -0.393 e. The van der Waals surface area contributed by atoms with E-state index in [0.29, 0.717) is 10.9 Å². The molecule has 3 heteroatoms. The molecule has 2 rings (SSSR count). The molecule has 1 aromatic rings. The molecule has 1 nitrogen and oxygen atoms in total. The maximum Gasteiger partial charge on any atom is 0.123 e. The van der Waals surface area contributed by atoms with Crippen LogP contribution in [0.25, 0.3) is 0 Å². The lowest BCUT2D eigenvalue weighted by Crippen LogP contribution is -2.12. The van der Waals surface area contributed by atoms with Crippen LogP contribution in [0.2, 0.25) is 5.02 Å². The van der Waals surface area contributed by atoms with Gasteiger partial charge in [0.15, 0.2) is 0 Å². The van der Waals surface area contributed by atoms with E-state index in [-0.39, 0.29) is 11.9 Å². The van der Waals surface area contributed by atoms with Gasteiger partial charge in [0.25, 0.3) is 0 Å². The summed E-state index contributed by atoms with van der Waals surface area (Å²) in [6.45, 7) is 0. The fraction of sp³-hybridized carbons (Fsp3) is 0.571. The van der Waals surface area contributed by atoms with Crippen molar-refractivity contribution in [1.82, 2.24) is 0 Å². The van der Waals surface area contributed by atoms with E-state index in [9.17, 15) is 9.50 Å². The summed E-state index contributed by atoms with van der Waals surface area (Å²) in [5.41, 5.74) is 0.866. The van der Waals surface area contributed by atoms with Gasteiger partial charge in [-0.05, 0) is 48.9 Å². The Kier molecular flexibility index (Phi) is 4.41. The van der Waals surface area contributed by atoms with Gasteiger partial charge < -0.3 is 5.11 Å². The van der Waals surface area contributed by atoms with Crippen LogP contribution in [0, 0.1) is 11.7 Å². The zero-order valence-electron chi connectivity index (χ0n) is 9.83. The Labute approximate surface area is 107 Å². The van der Waals surface area contributed by atoms with Crippen LogP contribution in [0.4, 0.5) is 4.39 Å². The van der Waals surface area contributed by atoms with Gasteiger partial charge >= 0.3 is 0 Å². The van der Waals surface area contributed by atoms with Crippen molar-refractivity contribution >= 4 is 11.6 Å². The first kappa shape index (κ1) is 12.8. The van der Waals surface area contributed by atoms with E-state index >= 15 is 0 Å². The molecule has 0 heterocycles. The average molecular weight is 257 g/mol. The van der Waals surface area contributed by atoms with Crippen molar-refractivity contribution < 1.29 is 9.50 Å². The number of hydrogen-bond acceptors (Lipinski definition) is 1. The summed E-state index contributed by atoms with van der Waals surface area (Å²) in [6.07, 6.45) is 5.62. The van der Waals surface area contributed by atoms with E-state index in [0.717, 1.165) is 44.1 Å². The fourth-order valence-corrected chi connectivity index (χ4v) is 2.82. The number of benzene rings is 1. The van der Waals surface area contributed by atoms with Crippen LogP contribution >= 0.6 is 11.6 Å². The Morgan fingerprint density at radius 1 is 1.29 bits per heavy atom. The summed E-state index contributed by atoms with van der Waals surface area (Å²) in [6, 6.07) is 4.51. The number of hydrogen-bond donors (Lipinski definition) is 1. The van der Waals surface area contributed by atoms with Crippen molar-refractivity contribution in [3.8, 4) is 0 Å². The molecule has 0 radical (unpaired) electrons. The van der Waals surface area contributed by atoms with Crippen LogP contribution in [-0.4, -0.2) is 11.2 Å². The highest BCUT2D eigenvalue weighted by Crippen LogP contribution is 2.29. The van der Waals surface area contributed by atoms with E-state index in [2.05, 4.69) is 0 Å². The predicted molar refractivity (Wildman–Crippen MR) is 67.7 cm³/mol. The lowest BCUT2D eigenvalue weighted by molar-refractivity contribution is 0.141. The summed E-state index contributed by atoms with van der Waals surface area (Å²) >= 11 is 6.06. The Bertz CT molecular complexity index is 380. The van der Waals surface area contributed by atoms with Gasteiger partial charge in [0.2, 0.25) is 0 Å². The SMILES string of the molecule is OC1CCCCC(Cc2cc(F)ccc2Cl)C1. The molecular formula is C14H18ClFO. The minimum absolute atomic E-state index is 0.199. The number of aliphatic hydroxyl groups is 1. The van der Waals surface area contributed by atoms with Gasteiger partial charge in [0.05, 0.1) is 6.10 Å². The van der Waals surface area contributed by atoms with E-state index in [1.807, 2.05) is 0 Å². The molecule has 1 saturated carbocycles. The largest absolute Gasteiger partial charge is 0.393 e. The van der Waals surface area contributed by atoms with Gasteiger partial charge in [0, 0.05) is 5.02 Å². The quantitative estimate of drug-likeness (QED) is 0.794. The van der Waals surface area contributed by atoms with Crippen LogP contribution in [-0.2, 0) is 6.42 Å². The van der Waals surface area contributed by atoms with E-state index in [1.165, 1.54) is 12.1 Å². The molecule has 0 bridgehead atoms. The summed E-state index contributed by atoms with van der Waals surface area (Å²) in [5, 5.41) is 10.4. The standard InChI is InChI=1S/C14H18ClFO/c15-14-6-5-12(16)9-11(14)7-10-3-1-2-4-13(17)8-10/h5-6,9-10,13,17H,1-4,7-8H2. The molecule has 0 saturated heterocycles. The third-order valence-electron chi connectivity index (χ3n) is 3.52. The Balaban J connectivity index is 2.06. The second-order valence-electron chi connectivity index (χ2n) is 4.98. The van der Waals surface area contributed by atoms with Gasteiger partial charge in [-0.15, -0.1) is 0 Å². The van der Waals surface area contributed by atoms with E-state index in [4.69, 9.17) is 11.6 Å². The first-order chi connectivity index (χ1) is 8.15. The molecule has 2 unspecified atom stereocenters. The van der Waals surface area contributed by atoms with Crippen LogP contribution < -0.4 is 0 Å². The summed E-state index contributed by atoms with van der Waals surface area (Å²) in [4.78, 5) is 0. The van der Waals surface area contributed by atoms with Crippen molar-refractivity contribution in [3.63, 3.8) is 0 Å². The first-order valence-corrected chi connectivity index (χ1v) is 6.65. The van der Waals surface area contributed by atoms with Crippen LogP contribution in [0.15, 0.2) is 18.2 Å². The Morgan fingerprint density at radius 2 is 2.06 bits per heavy atom. The van der Waals surface area contributed by atoms with Crippen molar-refractivity contribution in [3.05, 3.63) is 34.6 Å². The maximum atomic E-state index is 13.2. The van der Waals surface area contributed by atoms with Crippen molar-refractivity contribution in [2.75, 3.05) is 0 Å². The van der Waals surface area contributed by atoms with Gasteiger partial charge in [-0.1, -0.05) is 30.9 Å². The molecular weight excluding hydrogens is 239 g/mol. The maximum absolute atomic E-state index is 13.2. The second-order valence-corrected chi connectivity index (χ2v) is 5.39. The van der Waals surface area contributed by atoms with E-state index in [1.54, 1.807) is 6.07 Å². The number of rotatable bonds is 2. The molecule has 0 aromatic heterocycles. The second kappa shape index (κ2) is 5.83. The summed E-state index contributed by atoms with van der Waals surface area (Å²) in [7, 11) is 0. The van der Waals surface area contributed by atoms with Gasteiger partial charge in [0.1, 0.15) is 5.82 Å². The topological polar surface area (TPSA) is 20.2 Å². The molecule has 1 aliphatic rings. The molecule has 17 heavy (non-hydrogen) atoms. The molecule has 94 valence electrons. The van der Waals surface area contributed by atoms with Crippen molar-refractivity contribution in [1.29, 1.82) is 0 Å². The molecule has 0 amide bonds. The molecule has 0 spiro atoms. The molecule has 1 aliphatic carbocycles. The van der Waals surface area contributed by atoms with Gasteiger partial charge in [-0.2, -0.15) is 0 Å². The number of halogens is 2. The first-order valence-electron chi connectivity index (χ1n) is 6.27. The average Bonchev–Trinajstić information content (AvgIpc) is 2.48. The molecule has 1 N–H and O–H groups in total. The number of aliphatic hydroxyl groups excluding tert-OH is 1. The Hall–Kier alpha value is -0.600. The zero-order valence-corrected chi connectivity index (χ0v) is 10.6. The fourth-order valence-electron chi connectivity index (χ4n) is 2.63. The molecule has 1 fully saturated rings. The monoisotopic (exact) mass is 256 g/mol. The van der Waals surface area contributed by atoms with Crippen LogP contribution in [0.1, 0.15) is 37.7 Å². The van der Waals surface area contributed by atoms with Crippen LogP contribution in [0.3, 0.4) is 0 Å². The van der Waals surface area contributed by atoms with Crippen LogP contribution in [0.5, 0.6) is 0 Å². The predicted octanol–water partition coefficient (Wildman–Crippen LogP) is 3.96. The highest BCUT2D eigenvalue weighted by Gasteiger charge is 2.19. The molecule has 0 aliphatic heterocycles. The summed E-state index contributed by atoms with van der Waals surface area (Å²) in [5.74, 6) is 0.186. The zero-order chi connectivity index (χ0) is 12.3. The third kappa shape index (κ3) is 3.68. The molecule has 1 aromatic carbocycles. The van der Waals surface area contributed by atoms with Gasteiger partial charge in [-0.25, -0.2) is 4.39 Å². The van der Waals surface area contributed by atoms with Crippen molar-refractivity contribution in [2.24, 2.45) is 5.92 Å². The van der Waals surface area contributed by atoms with Crippen molar-refractivity contribution in [2.45, 2.75) is 44.6 Å². The lowest BCUT2D eigenvalue weighted by Gasteiger charge is -2.17. The van der Waals surface area contributed by atoms with E-state index < -0.39 is 0 Å². The van der Waals surface area contributed by atoms with Gasteiger partial charge in [-0.3, -0.25) is 0 Å². The normalized spacial score (nSPS) is 25.6. The lowest BCUT2D eigenvalue weighted by atomic mass is 9.92. The minimum atomic E-state index is -0.237. The summed E-state index contributed by atoms with van der Waals surface area (Å²) < 4.78 is 13.2. The third-order valence-corrected chi connectivity index (χ3v) is 3.89.